The lowest BCUT2D eigenvalue weighted by molar-refractivity contribution is -0.119. The van der Waals surface area contributed by atoms with E-state index in [0.29, 0.717) is 29.9 Å². The molecule has 4 rings (SSSR count). The molecule has 2 aliphatic rings. The molecule has 0 spiro atoms. The van der Waals surface area contributed by atoms with Crippen LogP contribution in [0.1, 0.15) is 38.5 Å². The molecule has 0 bridgehead atoms. The number of thioether (sulfide) groups is 1. The molecule has 0 aromatic carbocycles. The third kappa shape index (κ3) is 4.12. The first kappa shape index (κ1) is 17.6. The molecule has 3 heterocycles. The van der Waals surface area contributed by atoms with Crippen molar-refractivity contribution in [2.45, 2.75) is 62.4 Å². The molecule has 1 atom stereocenters. The summed E-state index contributed by atoms with van der Waals surface area (Å²) in [6.07, 6.45) is 8.49. The number of rotatable bonds is 7. The van der Waals surface area contributed by atoms with Crippen LogP contribution in [0.3, 0.4) is 0 Å². The molecule has 7 nitrogen and oxygen atoms in total. The number of nitrogens with one attached hydrogen (secondary N) is 1. The topological polar surface area (TPSA) is 82.2 Å². The average molecular weight is 376 g/mol. The van der Waals surface area contributed by atoms with Gasteiger partial charge in [0.1, 0.15) is 0 Å². The zero-order valence-corrected chi connectivity index (χ0v) is 15.5. The fourth-order valence-corrected chi connectivity index (χ4v) is 4.37. The average Bonchev–Trinajstić information content (AvgIpc) is 3.42. The smallest absolute Gasteiger partial charge is 0.230 e. The zero-order valence-electron chi connectivity index (χ0n) is 14.7. The first-order valence-corrected chi connectivity index (χ1v) is 10.3. The zero-order chi connectivity index (χ0) is 17.8. The van der Waals surface area contributed by atoms with Gasteiger partial charge in [-0.3, -0.25) is 9.36 Å². The van der Waals surface area contributed by atoms with E-state index in [-0.39, 0.29) is 12.0 Å². The second-order valence-corrected chi connectivity index (χ2v) is 7.81. The summed E-state index contributed by atoms with van der Waals surface area (Å²) in [5.74, 6) is 1.77. The highest BCUT2D eigenvalue weighted by Crippen LogP contribution is 2.27. The minimum atomic E-state index is 0.0631. The van der Waals surface area contributed by atoms with Gasteiger partial charge >= 0.3 is 0 Å². The molecule has 8 heteroatoms. The number of nitrogens with zero attached hydrogens (tertiary/aromatic N) is 3. The summed E-state index contributed by atoms with van der Waals surface area (Å²) in [6, 6.07) is 4.05. The summed E-state index contributed by atoms with van der Waals surface area (Å²) in [6.45, 7) is 1.48. The van der Waals surface area contributed by atoms with E-state index in [4.69, 9.17) is 9.15 Å². The summed E-state index contributed by atoms with van der Waals surface area (Å²) >= 11 is 1.42. The highest BCUT2D eigenvalue weighted by atomic mass is 32.2. The SMILES string of the molecule is O=C(CSc1nnc(-c2ccco2)n1C[C@@H]1CCCO1)NC1CCCC1. The third-order valence-electron chi connectivity index (χ3n) is 4.92. The number of carbonyl (C=O) groups excluding carboxylic acids is 1. The van der Waals surface area contributed by atoms with Crippen LogP contribution in [0.25, 0.3) is 11.6 Å². The standard InChI is InChI=1S/C18H24N4O3S/c23-16(19-13-5-1-2-6-13)12-26-18-21-20-17(15-8-4-10-25-15)22(18)11-14-7-3-9-24-14/h4,8,10,13-14H,1-3,5-7,9,11-12H2,(H,19,23)/t14-/m0/s1. The first-order chi connectivity index (χ1) is 12.8. The van der Waals surface area contributed by atoms with Gasteiger partial charge in [0.2, 0.25) is 11.7 Å². The van der Waals surface area contributed by atoms with Gasteiger partial charge in [0.05, 0.1) is 24.7 Å². The van der Waals surface area contributed by atoms with Crippen LogP contribution in [-0.2, 0) is 16.1 Å². The molecule has 1 aliphatic carbocycles. The first-order valence-electron chi connectivity index (χ1n) is 9.30. The predicted octanol–water partition coefficient (Wildman–Crippen LogP) is 2.87. The van der Waals surface area contributed by atoms with Crippen LogP contribution in [0.15, 0.2) is 28.0 Å². The van der Waals surface area contributed by atoms with Crippen LogP contribution >= 0.6 is 11.8 Å². The van der Waals surface area contributed by atoms with Gasteiger partial charge < -0.3 is 14.5 Å². The van der Waals surface area contributed by atoms with E-state index < -0.39 is 0 Å². The maximum atomic E-state index is 12.2. The molecule has 2 aromatic heterocycles. The summed E-state index contributed by atoms with van der Waals surface area (Å²) < 4.78 is 13.3. The van der Waals surface area contributed by atoms with Gasteiger partial charge in [-0.15, -0.1) is 10.2 Å². The summed E-state index contributed by atoms with van der Waals surface area (Å²) in [7, 11) is 0. The highest BCUT2D eigenvalue weighted by Gasteiger charge is 2.24. The predicted molar refractivity (Wildman–Crippen MR) is 97.8 cm³/mol. The van der Waals surface area contributed by atoms with Crippen LogP contribution in [0.4, 0.5) is 0 Å². The number of carbonyl (C=O) groups is 1. The lowest BCUT2D eigenvalue weighted by atomic mass is 10.2. The number of hydrogen-bond acceptors (Lipinski definition) is 6. The van der Waals surface area contributed by atoms with Crippen LogP contribution < -0.4 is 5.32 Å². The highest BCUT2D eigenvalue weighted by molar-refractivity contribution is 7.99. The molecule has 1 N–H and O–H groups in total. The van der Waals surface area contributed by atoms with Crippen LogP contribution in [0.5, 0.6) is 0 Å². The Labute approximate surface area is 156 Å². The van der Waals surface area contributed by atoms with Gasteiger partial charge in [-0.2, -0.15) is 0 Å². The molecule has 1 amide bonds. The third-order valence-corrected chi connectivity index (χ3v) is 5.89. The Hall–Kier alpha value is -1.80. The Morgan fingerprint density at radius 1 is 1.27 bits per heavy atom. The summed E-state index contributed by atoms with van der Waals surface area (Å²) in [5, 5.41) is 12.4. The molecule has 2 aromatic rings. The molecule has 1 aliphatic heterocycles. The summed E-state index contributed by atoms with van der Waals surface area (Å²) in [5.41, 5.74) is 0. The number of amides is 1. The quantitative estimate of drug-likeness (QED) is 0.748. The minimum absolute atomic E-state index is 0.0631. The van der Waals surface area contributed by atoms with Crippen molar-refractivity contribution < 1.29 is 13.9 Å². The number of ether oxygens (including phenoxy) is 1. The van der Waals surface area contributed by atoms with E-state index in [1.165, 1.54) is 24.6 Å². The molecule has 0 radical (unpaired) electrons. The van der Waals surface area contributed by atoms with Crippen molar-refractivity contribution >= 4 is 17.7 Å². The molecule has 140 valence electrons. The van der Waals surface area contributed by atoms with E-state index in [2.05, 4.69) is 15.5 Å². The fourth-order valence-electron chi connectivity index (χ4n) is 3.61. The van der Waals surface area contributed by atoms with Gasteiger partial charge in [-0.05, 0) is 37.8 Å². The molecule has 26 heavy (non-hydrogen) atoms. The van der Waals surface area contributed by atoms with Crippen molar-refractivity contribution in [3.05, 3.63) is 18.4 Å². The Kier molecular flexibility index (Phi) is 5.59. The van der Waals surface area contributed by atoms with E-state index in [9.17, 15) is 4.79 Å². The van der Waals surface area contributed by atoms with Crippen molar-refractivity contribution in [1.82, 2.24) is 20.1 Å². The lowest BCUT2D eigenvalue weighted by Gasteiger charge is -2.14. The van der Waals surface area contributed by atoms with Gasteiger partial charge in [0.25, 0.3) is 0 Å². The number of aromatic nitrogens is 3. The van der Waals surface area contributed by atoms with Gasteiger partial charge in [0.15, 0.2) is 10.9 Å². The molecule has 1 saturated carbocycles. The molecule has 1 saturated heterocycles. The van der Waals surface area contributed by atoms with Crippen molar-refractivity contribution in [2.24, 2.45) is 0 Å². The minimum Gasteiger partial charge on any atom is -0.461 e. The van der Waals surface area contributed by atoms with Crippen molar-refractivity contribution in [3.63, 3.8) is 0 Å². The van der Waals surface area contributed by atoms with Crippen LogP contribution in [0, 0.1) is 0 Å². The maximum Gasteiger partial charge on any atom is 0.230 e. The van der Waals surface area contributed by atoms with E-state index >= 15 is 0 Å². The molecule has 2 fully saturated rings. The number of furan rings is 1. The van der Waals surface area contributed by atoms with Crippen LogP contribution in [0.2, 0.25) is 0 Å². The lowest BCUT2D eigenvalue weighted by Crippen LogP contribution is -2.33. The Morgan fingerprint density at radius 2 is 2.15 bits per heavy atom. The molecule has 0 unspecified atom stereocenters. The molecular weight excluding hydrogens is 352 g/mol. The van der Waals surface area contributed by atoms with Crippen molar-refractivity contribution in [1.29, 1.82) is 0 Å². The normalized spacial score (nSPS) is 20.7. The van der Waals surface area contributed by atoms with Crippen molar-refractivity contribution in [2.75, 3.05) is 12.4 Å². The molecular formula is C18H24N4O3S. The van der Waals surface area contributed by atoms with E-state index in [0.717, 1.165) is 37.4 Å². The van der Waals surface area contributed by atoms with Gasteiger partial charge in [-0.25, -0.2) is 0 Å². The fraction of sp³-hybridized carbons (Fsp3) is 0.611. The second kappa shape index (κ2) is 8.26. The monoisotopic (exact) mass is 376 g/mol. The largest absolute Gasteiger partial charge is 0.461 e. The van der Waals surface area contributed by atoms with Gasteiger partial charge in [-0.1, -0.05) is 24.6 Å². The van der Waals surface area contributed by atoms with Gasteiger partial charge in [0, 0.05) is 12.6 Å². The van der Waals surface area contributed by atoms with E-state index in [1.54, 1.807) is 6.26 Å². The second-order valence-electron chi connectivity index (χ2n) is 6.87. The maximum absolute atomic E-state index is 12.2. The Morgan fingerprint density at radius 3 is 2.88 bits per heavy atom. The van der Waals surface area contributed by atoms with Crippen molar-refractivity contribution in [3.8, 4) is 11.6 Å². The Bertz CT molecular complexity index is 719. The van der Waals surface area contributed by atoms with E-state index in [1.807, 2.05) is 16.7 Å². The Balaban J connectivity index is 1.44. The number of hydrogen-bond donors (Lipinski definition) is 1. The van der Waals surface area contributed by atoms with Crippen LogP contribution in [-0.4, -0.2) is 45.2 Å². The summed E-state index contributed by atoms with van der Waals surface area (Å²) in [4.78, 5) is 12.2.